The molecule has 0 aliphatic rings. The van der Waals surface area contributed by atoms with Crippen molar-refractivity contribution >= 4 is 85.1 Å². The molecule has 2 amide bonds. The maximum atomic E-state index is 12.3. The number of aryl methyl sites for hydroxylation is 2. The zero-order valence-electron chi connectivity index (χ0n) is 20.2. The maximum Gasteiger partial charge on any atom is 0.307 e. The molecule has 3 rings (SSSR count). The van der Waals surface area contributed by atoms with Crippen LogP contribution in [0.2, 0.25) is 0 Å². The molecule has 0 spiro atoms. The van der Waals surface area contributed by atoms with Gasteiger partial charge in [-0.05, 0) is 23.5 Å². The molecule has 0 fully saturated rings. The number of hydrogen-bond acceptors (Lipinski definition) is 11. The van der Waals surface area contributed by atoms with E-state index in [1.807, 2.05) is 59.8 Å². The van der Waals surface area contributed by atoms with E-state index >= 15 is 0 Å². The van der Waals surface area contributed by atoms with Crippen molar-refractivity contribution in [2.24, 2.45) is 0 Å². The van der Waals surface area contributed by atoms with Crippen LogP contribution in [0.15, 0.2) is 30.3 Å². The van der Waals surface area contributed by atoms with Gasteiger partial charge < -0.3 is 10.1 Å². The minimum atomic E-state index is -0.341. The van der Waals surface area contributed by atoms with Crippen molar-refractivity contribution in [3.05, 3.63) is 45.9 Å². The van der Waals surface area contributed by atoms with Gasteiger partial charge in [-0.15, -0.1) is 20.4 Å². The number of halogens is 1. The van der Waals surface area contributed by atoms with Crippen molar-refractivity contribution in [1.29, 1.82) is 0 Å². The summed E-state index contributed by atoms with van der Waals surface area (Å²) in [6.07, 6.45) is 2.75. The van der Waals surface area contributed by atoms with Gasteiger partial charge in [-0.3, -0.25) is 19.3 Å². The monoisotopic (exact) mass is 674 g/mol. The normalized spacial score (nSPS) is 10.8. The van der Waals surface area contributed by atoms with Gasteiger partial charge in [-0.1, -0.05) is 82.5 Å². The molecule has 0 saturated carbocycles. The summed E-state index contributed by atoms with van der Waals surface area (Å²) in [5, 5.41) is 22.0. The van der Waals surface area contributed by atoms with Gasteiger partial charge in [0.05, 0.1) is 10.8 Å². The number of anilines is 2. The van der Waals surface area contributed by atoms with Crippen molar-refractivity contribution in [2.75, 3.05) is 32.9 Å². The Morgan fingerprint density at radius 3 is 2.43 bits per heavy atom. The van der Waals surface area contributed by atoms with Crippen molar-refractivity contribution in [3.8, 4) is 0 Å². The molecule has 0 aliphatic heterocycles. The van der Waals surface area contributed by atoms with E-state index in [9.17, 15) is 14.4 Å². The van der Waals surface area contributed by atoms with Gasteiger partial charge in [0, 0.05) is 19.3 Å². The molecule has 2 heterocycles. The smallest absolute Gasteiger partial charge is 0.307 e. The predicted octanol–water partition coefficient (Wildman–Crippen LogP) is 4.16. The summed E-state index contributed by atoms with van der Waals surface area (Å²) in [4.78, 5) is 37.5. The van der Waals surface area contributed by atoms with E-state index in [-0.39, 0.29) is 28.9 Å². The van der Waals surface area contributed by atoms with Crippen molar-refractivity contribution < 1.29 is 19.1 Å². The van der Waals surface area contributed by atoms with E-state index in [1.54, 1.807) is 11.8 Å². The number of amides is 2. The number of nitrogens with zero attached hydrogens (tertiary/aromatic N) is 5. The molecule has 10 nitrogen and oxygen atoms in total. The zero-order chi connectivity index (χ0) is 26.5. The fourth-order valence-electron chi connectivity index (χ4n) is 2.94. The van der Waals surface area contributed by atoms with Crippen LogP contribution in [0.1, 0.15) is 35.3 Å². The van der Waals surface area contributed by atoms with E-state index in [1.165, 1.54) is 27.6 Å². The van der Waals surface area contributed by atoms with E-state index in [4.69, 9.17) is 4.74 Å². The van der Waals surface area contributed by atoms with E-state index < -0.39 is 0 Å². The highest BCUT2D eigenvalue weighted by Gasteiger charge is 2.21. The lowest BCUT2D eigenvalue weighted by Gasteiger charge is -2.17. The van der Waals surface area contributed by atoms with E-state index in [2.05, 4.69) is 25.7 Å². The summed E-state index contributed by atoms with van der Waals surface area (Å²) in [5.41, 5.74) is 0.948. The first kappa shape index (κ1) is 29.4. The Morgan fingerprint density at radius 1 is 1.03 bits per heavy atom. The number of carbonyl (C=O) groups is 3. The largest absolute Gasteiger partial charge is 0.444 e. The van der Waals surface area contributed by atoms with Gasteiger partial charge >= 0.3 is 5.97 Å². The lowest BCUT2D eigenvalue weighted by atomic mass is 10.1. The SMILES string of the molecule is CCCC(=O)OCN(C(=O)CI)c1nnc(CCSCCc2nnc(NC(=O)Cc3ccccc3)s2)s1. The van der Waals surface area contributed by atoms with Crippen LogP contribution in [0.3, 0.4) is 0 Å². The number of benzene rings is 1. The third-order valence-corrected chi connectivity index (χ3v) is 8.30. The van der Waals surface area contributed by atoms with Gasteiger partial charge in [0.25, 0.3) is 0 Å². The first-order valence-electron chi connectivity index (χ1n) is 11.6. The van der Waals surface area contributed by atoms with Crippen molar-refractivity contribution in [3.63, 3.8) is 0 Å². The number of thioether (sulfide) groups is 1. The van der Waals surface area contributed by atoms with Crippen molar-refractivity contribution in [2.45, 2.75) is 39.0 Å². The molecule has 198 valence electrons. The minimum absolute atomic E-state index is 0.113. The number of ether oxygens (including phenoxy) is 1. The highest BCUT2D eigenvalue weighted by Crippen LogP contribution is 2.23. The van der Waals surface area contributed by atoms with E-state index in [0.29, 0.717) is 35.9 Å². The minimum Gasteiger partial charge on any atom is -0.444 e. The molecule has 0 saturated heterocycles. The maximum absolute atomic E-state index is 12.3. The molecule has 0 unspecified atom stereocenters. The number of carbonyl (C=O) groups excluding carboxylic acids is 3. The molecule has 0 radical (unpaired) electrons. The van der Waals surface area contributed by atoms with Crippen LogP contribution >= 0.6 is 57.0 Å². The van der Waals surface area contributed by atoms with Crippen LogP contribution in [0.5, 0.6) is 0 Å². The number of hydrogen-bond donors (Lipinski definition) is 1. The van der Waals surface area contributed by atoms with Gasteiger partial charge in [0.1, 0.15) is 10.0 Å². The predicted molar refractivity (Wildman–Crippen MR) is 156 cm³/mol. The Bertz CT molecular complexity index is 1160. The first-order chi connectivity index (χ1) is 18.0. The number of nitrogens with one attached hydrogen (secondary N) is 1. The quantitative estimate of drug-likeness (QED) is 0.0832. The fraction of sp³-hybridized carbons (Fsp3) is 0.435. The van der Waals surface area contributed by atoms with Gasteiger partial charge in [0.2, 0.25) is 22.1 Å². The van der Waals surface area contributed by atoms with Crippen molar-refractivity contribution in [1.82, 2.24) is 20.4 Å². The third-order valence-electron chi connectivity index (χ3n) is 4.75. The summed E-state index contributed by atoms with van der Waals surface area (Å²) < 4.78 is 5.45. The molecule has 0 bridgehead atoms. The molecular formula is C23H27IN6O4S3. The van der Waals surface area contributed by atoms with Crippen LogP contribution in [0.25, 0.3) is 0 Å². The van der Waals surface area contributed by atoms with Gasteiger partial charge in [0.15, 0.2) is 6.73 Å². The summed E-state index contributed by atoms with van der Waals surface area (Å²) in [5.74, 6) is 1.05. The Kier molecular flexibility index (Phi) is 12.7. The Labute approximate surface area is 241 Å². The van der Waals surface area contributed by atoms with Crippen LogP contribution in [-0.4, -0.2) is 60.8 Å². The van der Waals surface area contributed by atoms with Crippen LogP contribution in [0, 0.1) is 0 Å². The molecule has 3 aromatic rings. The molecule has 0 atom stereocenters. The number of rotatable bonds is 15. The number of esters is 1. The number of alkyl halides is 1. The lowest BCUT2D eigenvalue weighted by molar-refractivity contribution is -0.144. The fourth-order valence-corrected chi connectivity index (χ4v) is 6.09. The molecule has 37 heavy (non-hydrogen) atoms. The molecule has 2 aromatic heterocycles. The van der Waals surface area contributed by atoms with Gasteiger partial charge in [-0.25, -0.2) is 0 Å². The van der Waals surface area contributed by atoms with Gasteiger partial charge in [-0.2, -0.15) is 11.8 Å². The molecule has 0 aliphatic carbocycles. The lowest BCUT2D eigenvalue weighted by Crippen LogP contribution is -2.35. The Balaban J connectivity index is 1.38. The molecule has 1 aromatic carbocycles. The first-order valence-corrected chi connectivity index (χ1v) is 15.9. The second-order valence-corrected chi connectivity index (χ2v) is 11.7. The van der Waals surface area contributed by atoms with Crippen LogP contribution in [0.4, 0.5) is 10.3 Å². The second kappa shape index (κ2) is 15.9. The highest BCUT2D eigenvalue weighted by atomic mass is 127. The topological polar surface area (TPSA) is 127 Å². The Hall–Kier alpha value is -2.17. The summed E-state index contributed by atoms with van der Waals surface area (Å²) >= 11 is 6.44. The third kappa shape index (κ3) is 10.2. The molecular weight excluding hydrogens is 647 g/mol. The standard InChI is InChI=1S/C23H27IN6O4S3/c1-2-6-21(33)34-15-30(20(32)14-24)23-29-27-19(37-23)10-12-35-11-9-18-26-28-22(36-18)25-17(31)13-16-7-4-3-5-8-16/h3-5,7-8H,2,6,9-15H2,1H3,(H,25,28,31). The second-order valence-electron chi connectivity index (χ2n) is 7.65. The summed E-state index contributed by atoms with van der Waals surface area (Å²) in [7, 11) is 0. The summed E-state index contributed by atoms with van der Waals surface area (Å²) in [6.45, 7) is 1.74. The summed E-state index contributed by atoms with van der Waals surface area (Å²) in [6, 6.07) is 9.55. The molecule has 14 heteroatoms. The van der Waals surface area contributed by atoms with Crippen LogP contribution in [-0.2, 0) is 38.4 Å². The average molecular weight is 675 g/mol. The zero-order valence-corrected chi connectivity index (χ0v) is 24.8. The average Bonchev–Trinajstić information content (AvgIpc) is 3.54. The Morgan fingerprint density at radius 2 is 1.73 bits per heavy atom. The molecule has 1 N–H and O–H groups in total. The highest BCUT2D eigenvalue weighted by molar-refractivity contribution is 14.1. The van der Waals surface area contributed by atoms with Crippen LogP contribution < -0.4 is 10.2 Å². The number of aromatic nitrogens is 4. The van der Waals surface area contributed by atoms with E-state index in [0.717, 1.165) is 33.5 Å².